The van der Waals surface area contributed by atoms with Gasteiger partial charge in [-0.05, 0) is 62.3 Å². The van der Waals surface area contributed by atoms with Crippen LogP contribution < -0.4 is 5.32 Å². The van der Waals surface area contributed by atoms with Crippen molar-refractivity contribution in [3.8, 4) is 10.6 Å². The van der Waals surface area contributed by atoms with Crippen LogP contribution >= 0.6 is 11.3 Å². The molecule has 2 amide bonds. The van der Waals surface area contributed by atoms with Gasteiger partial charge in [0.15, 0.2) is 0 Å². The number of nitrogens with one attached hydrogen (secondary N) is 1. The normalized spacial score (nSPS) is 14.9. The van der Waals surface area contributed by atoms with Crippen LogP contribution in [0.15, 0.2) is 24.3 Å². The highest BCUT2D eigenvalue weighted by atomic mass is 32.1. The second kappa shape index (κ2) is 10.2. The molecule has 0 aliphatic carbocycles. The number of nitrogens with zero attached hydrogens (tertiary/aromatic N) is 2. The maximum absolute atomic E-state index is 13.2. The van der Waals surface area contributed by atoms with Crippen LogP contribution in [0.25, 0.3) is 10.6 Å². The molecule has 7 heteroatoms. The summed E-state index contributed by atoms with van der Waals surface area (Å²) in [6.07, 6.45) is 3.21. The number of thiazole rings is 1. The van der Waals surface area contributed by atoms with E-state index in [1.165, 1.54) is 23.5 Å². The van der Waals surface area contributed by atoms with Crippen molar-refractivity contribution in [3.05, 3.63) is 40.7 Å². The Kier molecular flexibility index (Phi) is 7.58. The molecule has 0 spiro atoms. The van der Waals surface area contributed by atoms with Crippen molar-refractivity contribution in [1.29, 1.82) is 0 Å². The Morgan fingerprint density at radius 3 is 2.53 bits per heavy atom. The second-order valence-electron chi connectivity index (χ2n) is 8.41. The molecule has 2 heterocycles. The molecule has 0 atom stereocenters. The number of halogens is 1. The predicted molar refractivity (Wildman–Crippen MR) is 118 cm³/mol. The molecule has 1 aromatic carbocycles. The van der Waals surface area contributed by atoms with Crippen LogP contribution in [0.2, 0.25) is 0 Å². The molecule has 0 bridgehead atoms. The van der Waals surface area contributed by atoms with Gasteiger partial charge in [0.1, 0.15) is 15.7 Å². The summed E-state index contributed by atoms with van der Waals surface area (Å²) in [5, 5.41) is 3.73. The summed E-state index contributed by atoms with van der Waals surface area (Å²) in [5.74, 6) is 0.726. The Labute approximate surface area is 181 Å². The van der Waals surface area contributed by atoms with E-state index in [0.29, 0.717) is 41.9 Å². The molecule has 1 saturated heterocycles. The van der Waals surface area contributed by atoms with E-state index in [0.717, 1.165) is 36.4 Å². The predicted octanol–water partition coefficient (Wildman–Crippen LogP) is 4.66. The van der Waals surface area contributed by atoms with Gasteiger partial charge in [-0.3, -0.25) is 9.59 Å². The number of rotatable bonds is 7. The minimum Gasteiger partial charge on any atom is -0.356 e. The van der Waals surface area contributed by atoms with Gasteiger partial charge in [0, 0.05) is 31.6 Å². The third-order valence-corrected chi connectivity index (χ3v) is 6.70. The highest BCUT2D eigenvalue weighted by molar-refractivity contribution is 7.17. The van der Waals surface area contributed by atoms with Gasteiger partial charge in [0.05, 0.1) is 5.69 Å². The van der Waals surface area contributed by atoms with Crippen LogP contribution in [-0.4, -0.2) is 41.3 Å². The molecule has 1 aromatic heterocycles. The summed E-state index contributed by atoms with van der Waals surface area (Å²) in [6.45, 7) is 8.18. The van der Waals surface area contributed by atoms with Gasteiger partial charge in [-0.15, -0.1) is 11.3 Å². The molecule has 1 N–H and O–H groups in total. The number of aryl methyl sites for hydroxylation is 1. The fraction of sp³-hybridized carbons (Fsp3) is 0.522. The van der Waals surface area contributed by atoms with Crippen molar-refractivity contribution in [2.75, 3.05) is 19.6 Å². The summed E-state index contributed by atoms with van der Waals surface area (Å²) >= 11 is 1.35. The smallest absolute Gasteiger partial charge is 0.265 e. The van der Waals surface area contributed by atoms with Crippen molar-refractivity contribution in [1.82, 2.24) is 15.2 Å². The van der Waals surface area contributed by atoms with Gasteiger partial charge in [-0.1, -0.05) is 13.8 Å². The Morgan fingerprint density at radius 2 is 1.90 bits per heavy atom. The molecular weight excluding hydrogens is 401 g/mol. The zero-order chi connectivity index (χ0) is 21.7. The molecule has 0 radical (unpaired) electrons. The first kappa shape index (κ1) is 22.4. The largest absolute Gasteiger partial charge is 0.356 e. The average Bonchev–Trinajstić information content (AvgIpc) is 3.10. The minimum absolute atomic E-state index is 0.00167. The van der Waals surface area contributed by atoms with Gasteiger partial charge in [0.25, 0.3) is 5.91 Å². The number of hydrogen-bond donors (Lipinski definition) is 1. The van der Waals surface area contributed by atoms with Gasteiger partial charge in [0.2, 0.25) is 5.91 Å². The number of carbonyl (C=O) groups is 2. The van der Waals surface area contributed by atoms with E-state index in [2.05, 4.69) is 24.1 Å². The molecule has 0 saturated carbocycles. The van der Waals surface area contributed by atoms with E-state index in [4.69, 9.17) is 0 Å². The van der Waals surface area contributed by atoms with E-state index in [-0.39, 0.29) is 17.6 Å². The van der Waals surface area contributed by atoms with E-state index < -0.39 is 0 Å². The van der Waals surface area contributed by atoms with Gasteiger partial charge in [-0.2, -0.15) is 0 Å². The van der Waals surface area contributed by atoms with Crippen molar-refractivity contribution in [3.63, 3.8) is 0 Å². The molecule has 0 unspecified atom stereocenters. The SMILES string of the molecule is Cc1nc(-c2ccc(F)cc2)sc1C(=O)N1CCC(CC(=O)NCCC(C)C)CC1. The van der Waals surface area contributed by atoms with Gasteiger partial charge >= 0.3 is 0 Å². The van der Waals surface area contributed by atoms with Gasteiger partial charge in [-0.25, -0.2) is 9.37 Å². The minimum atomic E-state index is -0.292. The number of carbonyl (C=O) groups excluding carboxylic acids is 2. The summed E-state index contributed by atoms with van der Waals surface area (Å²) in [6, 6.07) is 6.16. The number of benzene rings is 1. The van der Waals surface area contributed by atoms with Crippen LogP contribution in [-0.2, 0) is 4.79 Å². The molecule has 5 nitrogen and oxygen atoms in total. The van der Waals surface area contributed by atoms with Gasteiger partial charge < -0.3 is 10.2 Å². The fourth-order valence-electron chi connectivity index (χ4n) is 3.63. The molecule has 1 fully saturated rings. The first-order valence-corrected chi connectivity index (χ1v) is 11.4. The highest BCUT2D eigenvalue weighted by Crippen LogP contribution is 2.30. The summed E-state index contributed by atoms with van der Waals surface area (Å²) < 4.78 is 13.2. The van der Waals surface area contributed by atoms with Crippen LogP contribution in [0.4, 0.5) is 4.39 Å². The third-order valence-electron chi connectivity index (χ3n) is 5.50. The van der Waals surface area contributed by atoms with Crippen molar-refractivity contribution < 1.29 is 14.0 Å². The first-order valence-electron chi connectivity index (χ1n) is 10.6. The number of aromatic nitrogens is 1. The third kappa shape index (κ3) is 5.88. The average molecular weight is 432 g/mol. The Bertz CT molecular complexity index is 871. The molecule has 1 aliphatic heterocycles. The fourth-order valence-corrected chi connectivity index (χ4v) is 4.67. The Morgan fingerprint density at radius 1 is 1.23 bits per heavy atom. The molecule has 30 heavy (non-hydrogen) atoms. The number of hydrogen-bond acceptors (Lipinski definition) is 4. The van der Waals surface area contributed by atoms with Crippen molar-refractivity contribution in [2.24, 2.45) is 11.8 Å². The zero-order valence-corrected chi connectivity index (χ0v) is 18.7. The van der Waals surface area contributed by atoms with Crippen LogP contribution in [0, 0.1) is 24.6 Å². The number of amides is 2. The maximum atomic E-state index is 13.2. The number of piperidine rings is 1. The Hall–Kier alpha value is -2.28. The second-order valence-corrected chi connectivity index (χ2v) is 9.41. The van der Waals surface area contributed by atoms with E-state index in [9.17, 15) is 14.0 Å². The highest BCUT2D eigenvalue weighted by Gasteiger charge is 2.27. The lowest BCUT2D eigenvalue weighted by atomic mass is 9.93. The quantitative estimate of drug-likeness (QED) is 0.693. The van der Waals surface area contributed by atoms with Crippen molar-refractivity contribution >= 4 is 23.2 Å². The zero-order valence-electron chi connectivity index (χ0n) is 17.9. The molecule has 1 aliphatic rings. The summed E-state index contributed by atoms with van der Waals surface area (Å²) in [5.41, 5.74) is 1.52. The van der Waals surface area contributed by atoms with E-state index in [1.54, 1.807) is 12.1 Å². The molecular formula is C23H30FN3O2S. The maximum Gasteiger partial charge on any atom is 0.265 e. The monoisotopic (exact) mass is 431 g/mol. The first-order chi connectivity index (χ1) is 14.3. The lowest BCUT2D eigenvalue weighted by Gasteiger charge is -2.31. The standard InChI is InChI=1S/C23H30FN3O2S/c1-15(2)8-11-25-20(28)14-17-9-12-27(13-10-17)23(29)21-16(3)26-22(30-21)18-4-6-19(24)7-5-18/h4-7,15,17H,8-14H2,1-3H3,(H,25,28). The Balaban J connectivity index is 1.53. The molecule has 2 aromatic rings. The summed E-state index contributed by atoms with van der Waals surface area (Å²) in [4.78, 5) is 32.1. The number of likely N-dealkylation sites (tertiary alicyclic amines) is 1. The molecule has 162 valence electrons. The van der Waals surface area contributed by atoms with Crippen LogP contribution in [0.1, 0.15) is 54.9 Å². The summed E-state index contributed by atoms with van der Waals surface area (Å²) in [7, 11) is 0. The van der Waals surface area contributed by atoms with E-state index >= 15 is 0 Å². The van der Waals surface area contributed by atoms with Crippen LogP contribution in [0.5, 0.6) is 0 Å². The lowest BCUT2D eigenvalue weighted by Crippen LogP contribution is -2.39. The van der Waals surface area contributed by atoms with E-state index in [1.807, 2.05) is 11.8 Å². The van der Waals surface area contributed by atoms with Crippen molar-refractivity contribution in [2.45, 2.75) is 46.5 Å². The topological polar surface area (TPSA) is 62.3 Å². The van der Waals surface area contributed by atoms with Crippen LogP contribution in [0.3, 0.4) is 0 Å². The lowest BCUT2D eigenvalue weighted by molar-refractivity contribution is -0.122. The molecule has 3 rings (SSSR count).